The lowest BCUT2D eigenvalue weighted by Gasteiger charge is -2.29. The Labute approximate surface area is 158 Å². The normalized spacial score (nSPS) is 13.4. The van der Waals surface area contributed by atoms with Gasteiger partial charge in [0.2, 0.25) is 15.9 Å². The highest BCUT2D eigenvalue weighted by Crippen LogP contribution is 2.25. The fourth-order valence-corrected chi connectivity index (χ4v) is 3.88. The van der Waals surface area contributed by atoms with Crippen LogP contribution in [0.5, 0.6) is 0 Å². The van der Waals surface area contributed by atoms with Gasteiger partial charge in [-0.15, -0.1) is 0 Å². The van der Waals surface area contributed by atoms with E-state index >= 15 is 0 Å². The Hall–Kier alpha value is -2.94. The van der Waals surface area contributed by atoms with E-state index in [2.05, 4.69) is 5.32 Å². The molecule has 2 aromatic carbocycles. The van der Waals surface area contributed by atoms with Crippen LogP contribution < -0.4 is 9.62 Å². The second-order valence-corrected chi connectivity index (χ2v) is 8.01. The lowest BCUT2D eigenvalue weighted by atomic mass is 10.1. The first-order valence-corrected chi connectivity index (χ1v) is 10.0. The van der Waals surface area contributed by atoms with Gasteiger partial charge in [-0.25, -0.2) is 8.42 Å². The first-order valence-electron chi connectivity index (χ1n) is 8.20. The van der Waals surface area contributed by atoms with E-state index in [0.717, 1.165) is 22.2 Å². The number of carbonyl (C=O) groups is 1. The van der Waals surface area contributed by atoms with E-state index in [9.17, 15) is 23.3 Å². The highest BCUT2D eigenvalue weighted by atomic mass is 32.2. The van der Waals surface area contributed by atoms with E-state index in [4.69, 9.17) is 0 Å². The summed E-state index contributed by atoms with van der Waals surface area (Å²) in [6.45, 7) is 3.23. The molecule has 1 N–H and O–H groups in total. The molecule has 144 valence electrons. The van der Waals surface area contributed by atoms with Crippen LogP contribution in [0.4, 0.5) is 11.4 Å². The molecule has 0 unspecified atom stereocenters. The minimum absolute atomic E-state index is 0.0571. The zero-order valence-corrected chi connectivity index (χ0v) is 16.0. The van der Waals surface area contributed by atoms with Gasteiger partial charge in [0.15, 0.2) is 0 Å². The summed E-state index contributed by atoms with van der Waals surface area (Å²) < 4.78 is 25.5. The van der Waals surface area contributed by atoms with Crippen molar-refractivity contribution in [1.82, 2.24) is 5.32 Å². The van der Waals surface area contributed by atoms with Gasteiger partial charge in [-0.3, -0.25) is 19.2 Å². The Morgan fingerprint density at radius 2 is 1.74 bits per heavy atom. The van der Waals surface area contributed by atoms with Crippen molar-refractivity contribution in [2.45, 2.75) is 25.9 Å². The summed E-state index contributed by atoms with van der Waals surface area (Å²) in [7, 11) is -3.86. The lowest BCUT2D eigenvalue weighted by Crippen LogP contribution is -2.48. The third-order valence-corrected chi connectivity index (χ3v) is 5.28. The molecule has 0 bridgehead atoms. The molecule has 0 aliphatic carbocycles. The van der Waals surface area contributed by atoms with Crippen molar-refractivity contribution in [3.05, 3.63) is 70.3 Å². The molecule has 0 saturated carbocycles. The number of anilines is 1. The van der Waals surface area contributed by atoms with Crippen molar-refractivity contribution < 1.29 is 18.1 Å². The second kappa shape index (κ2) is 8.17. The fraction of sp³-hybridized carbons (Fsp3) is 0.278. The van der Waals surface area contributed by atoms with Gasteiger partial charge in [-0.05, 0) is 25.5 Å². The largest absolute Gasteiger partial charge is 0.348 e. The summed E-state index contributed by atoms with van der Waals surface area (Å²) in [5.41, 5.74) is 0.674. The minimum atomic E-state index is -3.86. The minimum Gasteiger partial charge on any atom is -0.348 e. The zero-order chi connectivity index (χ0) is 20.2. The van der Waals surface area contributed by atoms with Crippen LogP contribution in [0.25, 0.3) is 0 Å². The molecule has 0 fully saturated rings. The molecular formula is C18H21N3O5S. The Balaban J connectivity index is 2.30. The SMILES string of the molecule is C[C@H](C(=O)N[C@H](C)c1ccccc1)N(c1cccc([N+](=O)[O-])c1)S(C)(=O)=O. The standard InChI is InChI=1S/C18H21N3O5S/c1-13(15-8-5-4-6-9-15)19-18(22)14(2)20(27(3,25)26)16-10-7-11-17(12-16)21(23)24/h4-14H,1-3H3,(H,19,22)/t13-,14-/m1/s1. The van der Waals surface area contributed by atoms with Gasteiger partial charge in [0.1, 0.15) is 6.04 Å². The number of amides is 1. The van der Waals surface area contributed by atoms with Crippen LogP contribution in [-0.2, 0) is 14.8 Å². The van der Waals surface area contributed by atoms with Crippen LogP contribution in [0.3, 0.4) is 0 Å². The smallest absolute Gasteiger partial charge is 0.271 e. The van der Waals surface area contributed by atoms with Gasteiger partial charge in [-0.1, -0.05) is 36.4 Å². The van der Waals surface area contributed by atoms with E-state index in [0.29, 0.717) is 0 Å². The molecule has 0 saturated heterocycles. The molecule has 9 heteroatoms. The number of sulfonamides is 1. The summed E-state index contributed by atoms with van der Waals surface area (Å²) >= 11 is 0. The molecule has 8 nitrogen and oxygen atoms in total. The number of nitrogens with one attached hydrogen (secondary N) is 1. The van der Waals surface area contributed by atoms with Crippen LogP contribution in [0.15, 0.2) is 54.6 Å². The number of benzene rings is 2. The summed E-state index contributed by atoms with van der Waals surface area (Å²) in [5, 5.41) is 13.8. The fourth-order valence-electron chi connectivity index (χ4n) is 2.71. The number of hydrogen-bond donors (Lipinski definition) is 1. The lowest BCUT2D eigenvalue weighted by molar-refractivity contribution is -0.384. The summed E-state index contributed by atoms with van der Waals surface area (Å²) in [6.07, 6.45) is 0.955. The summed E-state index contributed by atoms with van der Waals surface area (Å²) in [5.74, 6) is -0.511. The Bertz CT molecular complexity index is 931. The van der Waals surface area contributed by atoms with Crippen molar-refractivity contribution in [3.63, 3.8) is 0 Å². The third kappa shape index (κ3) is 5.04. The molecule has 2 aromatic rings. The van der Waals surface area contributed by atoms with Crippen molar-refractivity contribution in [2.24, 2.45) is 0 Å². The third-order valence-electron chi connectivity index (χ3n) is 4.04. The summed E-state index contributed by atoms with van der Waals surface area (Å²) in [4.78, 5) is 23.0. The van der Waals surface area contributed by atoms with E-state index in [1.165, 1.54) is 25.1 Å². The van der Waals surface area contributed by atoms with Gasteiger partial charge in [0, 0.05) is 12.1 Å². The number of hydrogen-bond acceptors (Lipinski definition) is 5. The zero-order valence-electron chi connectivity index (χ0n) is 15.2. The highest BCUT2D eigenvalue weighted by Gasteiger charge is 2.30. The van der Waals surface area contributed by atoms with Gasteiger partial charge >= 0.3 is 0 Å². The Morgan fingerprint density at radius 1 is 1.11 bits per heavy atom. The first kappa shape index (κ1) is 20.4. The average molecular weight is 391 g/mol. The number of carbonyl (C=O) groups excluding carboxylic acids is 1. The molecule has 1 amide bonds. The molecule has 0 aliphatic rings. The van der Waals surface area contributed by atoms with Crippen LogP contribution in [0.2, 0.25) is 0 Å². The monoisotopic (exact) mass is 391 g/mol. The number of nitrogens with zero attached hydrogens (tertiary/aromatic N) is 2. The molecule has 0 aromatic heterocycles. The number of nitro groups is 1. The molecule has 0 aliphatic heterocycles. The van der Waals surface area contributed by atoms with Crippen molar-refractivity contribution in [2.75, 3.05) is 10.6 Å². The van der Waals surface area contributed by atoms with Gasteiger partial charge < -0.3 is 5.32 Å². The predicted molar refractivity (Wildman–Crippen MR) is 103 cm³/mol. The molecule has 0 radical (unpaired) electrons. The topological polar surface area (TPSA) is 110 Å². The highest BCUT2D eigenvalue weighted by molar-refractivity contribution is 7.92. The van der Waals surface area contributed by atoms with E-state index in [1.807, 2.05) is 30.3 Å². The first-order chi connectivity index (χ1) is 12.6. The maximum atomic E-state index is 12.7. The second-order valence-electron chi connectivity index (χ2n) is 6.15. The Morgan fingerprint density at radius 3 is 2.30 bits per heavy atom. The maximum absolute atomic E-state index is 12.7. The molecule has 0 spiro atoms. The van der Waals surface area contributed by atoms with Crippen LogP contribution in [0, 0.1) is 10.1 Å². The van der Waals surface area contributed by atoms with Gasteiger partial charge in [-0.2, -0.15) is 0 Å². The quantitative estimate of drug-likeness (QED) is 0.576. The molecule has 0 heterocycles. The molecular weight excluding hydrogens is 370 g/mol. The van der Waals surface area contributed by atoms with Gasteiger partial charge in [0.25, 0.3) is 5.69 Å². The van der Waals surface area contributed by atoms with Crippen LogP contribution in [-0.4, -0.2) is 31.5 Å². The van der Waals surface area contributed by atoms with E-state index in [-0.39, 0.29) is 17.4 Å². The molecule has 2 atom stereocenters. The molecule has 27 heavy (non-hydrogen) atoms. The van der Waals surface area contributed by atoms with Gasteiger partial charge in [0.05, 0.1) is 22.9 Å². The average Bonchev–Trinajstić information content (AvgIpc) is 2.61. The Kier molecular flexibility index (Phi) is 6.17. The van der Waals surface area contributed by atoms with Crippen LogP contribution in [0.1, 0.15) is 25.5 Å². The number of non-ortho nitro benzene ring substituents is 1. The van der Waals surface area contributed by atoms with E-state index < -0.39 is 26.9 Å². The van der Waals surface area contributed by atoms with Crippen molar-refractivity contribution in [3.8, 4) is 0 Å². The number of rotatable bonds is 7. The predicted octanol–water partition coefficient (Wildman–Crippen LogP) is 2.63. The maximum Gasteiger partial charge on any atom is 0.271 e. The molecule has 2 rings (SSSR count). The van der Waals surface area contributed by atoms with E-state index in [1.54, 1.807) is 6.92 Å². The summed E-state index contributed by atoms with van der Waals surface area (Å²) in [6, 6.07) is 13.0. The number of nitro benzene ring substituents is 1. The van der Waals surface area contributed by atoms with Crippen LogP contribution >= 0.6 is 0 Å². The van der Waals surface area contributed by atoms with Crippen molar-refractivity contribution >= 4 is 27.3 Å². The van der Waals surface area contributed by atoms with Crippen molar-refractivity contribution in [1.29, 1.82) is 0 Å².